The monoisotopic (exact) mass is 747 g/mol. The minimum Gasteiger partial charge on any atom is -0.387 e. The Morgan fingerprint density at radius 2 is 1.56 bits per heavy atom. The summed E-state index contributed by atoms with van der Waals surface area (Å²) in [6.07, 6.45) is -7.47. The van der Waals surface area contributed by atoms with Gasteiger partial charge in [-0.25, -0.2) is 28.6 Å². The average Bonchev–Trinajstić information content (AvgIpc) is 3.64. The lowest BCUT2D eigenvalue weighted by atomic mass is 10.0. The lowest BCUT2D eigenvalue weighted by molar-refractivity contribution is -0.125. The largest absolute Gasteiger partial charge is 0.481 e. The van der Waals surface area contributed by atoms with Crippen molar-refractivity contribution >= 4 is 46.4 Å². The Labute approximate surface area is 269 Å². The van der Waals surface area contributed by atoms with Crippen molar-refractivity contribution in [3.63, 3.8) is 0 Å². The molecule has 5 rings (SSSR count). The van der Waals surface area contributed by atoms with Gasteiger partial charge in [-0.3, -0.25) is 27.8 Å². The Balaban J connectivity index is 1.19. The third-order valence-corrected chi connectivity index (χ3v) is 10.6. The first-order valence-electron chi connectivity index (χ1n) is 13.7. The van der Waals surface area contributed by atoms with Crippen LogP contribution in [0.2, 0.25) is 0 Å². The predicted octanol–water partition coefficient (Wildman–Crippen LogP) is -3.18. The second-order valence-electron chi connectivity index (χ2n) is 10.7. The Kier molecular flexibility index (Phi) is 10.9. The molecule has 5 heterocycles. The Morgan fingerprint density at radius 1 is 0.938 bits per heavy atom. The van der Waals surface area contributed by atoms with Gasteiger partial charge in [0.2, 0.25) is 5.91 Å². The van der Waals surface area contributed by atoms with Gasteiger partial charge in [-0.05, 0) is 0 Å². The Bertz CT molecular complexity index is 1680. The molecule has 0 aliphatic carbocycles. The maximum atomic E-state index is 12.6. The summed E-state index contributed by atoms with van der Waals surface area (Å²) < 4.78 is 67.3. The van der Waals surface area contributed by atoms with Crippen LogP contribution in [-0.2, 0) is 45.8 Å². The van der Waals surface area contributed by atoms with Crippen molar-refractivity contribution in [1.29, 1.82) is 0 Å². The van der Waals surface area contributed by atoms with Crippen molar-refractivity contribution in [2.45, 2.75) is 49.1 Å². The standard InChI is InChI=1S/C21H32N7O17P3/c22-17-12-19(25-7-24-17)28(8-26-12)21-16(44-46(33,34)35)14(30)11(43-21)6-41-48(38,39)45-47(36,37)40-5-10-13(29)15(31)20(42-10)27-3-1-2-9(4-27)18(23)32/h1-2,7-11,13-16,20-21,29-31H,3-6H2,(H2,23,32)(H,36,37)(H,38,39)(H2,22,24,25)(H2,33,34,35)/t9-,10+,11+,13+,14+,15+,16+,20+,21+/m0/s1. The van der Waals surface area contributed by atoms with Crippen LogP contribution in [0.5, 0.6) is 0 Å². The minimum absolute atomic E-state index is 0.00735. The summed E-state index contributed by atoms with van der Waals surface area (Å²) in [5, 5.41) is 31.6. The summed E-state index contributed by atoms with van der Waals surface area (Å²) in [5.74, 6) is -1.38. The van der Waals surface area contributed by atoms with Gasteiger partial charge < -0.3 is 55.8 Å². The number of primary amides is 1. The molecule has 27 heteroatoms. The summed E-state index contributed by atoms with van der Waals surface area (Å²) >= 11 is 0. The van der Waals surface area contributed by atoms with Crippen LogP contribution in [-0.4, -0.2) is 134 Å². The number of phosphoric ester groups is 3. The fourth-order valence-corrected chi connectivity index (χ4v) is 7.87. The van der Waals surface area contributed by atoms with E-state index < -0.39 is 97.6 Å². The Hall–Kier alpha value is -2.31. The number of hydrogen-bond acceptors (Lipinski definition) is 18. The van der Waals surface area contributed by atoms with Gasteiger partial charge in [-0.1, -0.05) is 12.2 Å². The summed E-state index contributed by atoms with van der Waals surface area (Å²) in [6.45, 7) is -1.72. The molecule has 0 spiro atoms. The van der Waals surface area contributed by atoms with E-state index in [0.29, 0.717) is 0 Å². The lowest BCUT2D eigenvalue weighted by Crippen LogP contribution is -2.49. The van der Waals surface area contributed by atoms with E-state index in [-0.39, 0.29) is 30.1 Å². The minimum atomic E-state index is -5.51. The highest BCUT2D eigenvalue weighted by Crippen LogP contribution is 2.61. The van der Waals surface area contributed by atoms with Gasteiger partial charge in [0, 0.05) is 13.1 Å². The van der Waals surface area contributed by atoms with Gasteiger partial charge in [-0.15, -0.1) is 0 Å². The number of nitrogens with two attached hydrogens (primary N) is 2. The first kappa shape index (κ1) is 37.0. The van der Waals surface area contributed by atoms with E-state index >= 15 is 0 Å². The molecule has 3 aliphatic rings. The van der Waals surface area contributed by atoms with Crippen molar-refractivity contribution in [2.24, 2.45) is 11.7 Å². The first-order valence-corrected chi connectivity index (χ1v) is 18.3. The third-order valence-electron chi connectivity index (χ3n) is 7.45. The van der Waals surface area contributed by atoms with Gasteiger partial charge in [0.15, 0.2) is 17.7 Å². The number of phosphoric acid groups is 3. The molecule has 11 N–H and O–H groups in total. The molecule has 268 valence electrons. The number of nitrogen functional groups attached to an aromatic ring is 1. The zero-order valence-electron chi connectivity index (χ0n) is 24.3. The van der Waals surface area contributed by atoms with E-state index in [0.717, 1.165) is 17.2 Å². The molecule has 2 unspecified atom stereocenters. The fourth-order valence-electron chi connectivity index (χ4n) is 5.23. The molecular weight excluding hydrogens is 715 g/mol. The quantitative estimate of drug-likeness (QED) is 0.0720. The molecule has 2 saturated heterocycles. The molecule has 1 amide bonds. The van der Waals surface area contributed by atoms with Gasteiger partial charge in [-0.2, -0.15) is 4.31 Å². The number of carbonyl (C=O) groups is 1. The predicted molar refractivity (Wildman–Crippen MR) is 153 cm³/mol. The van der Waals surface area contributed by atoms with Crippen molar-refractivity contribution in [3.8, 4) is 0 Å². The van der Waals surface area contributed by atoms with E-state index in [1.807, 2.05) is 0 Å². The third kappa shape index (κ3) is 8.34. The van der Waals surface area contributed by atoms with Gasteiger partial charge in [0.1, 0.15) is 54.7 Å². The molecule has 11 atom stereocenters. The number of aliphatic hydroxyl groups excluding tert-OH is 3. The number of anilines is 1. The normalized spacial score (nSPS) is 33.9. The number of hydrogen-bond donors (Lipinski definition) is 9. The van der Waals surface area contributed by atoms with E-state index in [2.05, 4.69) is 19.3 Å². The highest BCUT2D eigenvalue weighted by atomic mass is 31.3. The molecule has 0 saturated carbocycles. The zero-order valence-corrected chi connectivity index (χ0v) is 27.0. The van der Waals surface area contributed by atoms with Crippen LogP contribution < -0.4 is 11.5 Å². The number of carbonyl (C=O) groups excluding carboxylic acids is 1. The van der Waals surface area contributed by atoms with Crippen LogP contribution in [0.15, 0.2) is 24.8 Å². The Morgan fingerprint density at radius 3 is 2.19 bits per heavy atom. The van der Waals surface area contributed by atoms with E-state index in [1.54, 1.807) is 12.2 Å². The van der Waals surface area contributed by atoms with Crippen LogP contribution in [0.4, 0.5) is 5.82 Å². The maximum absolute atomic E-state index is 12.6. The zero-order chi connectivity index (χ0) is 35.2. The molecule has 3 aliphatic heterocycles. The van der Waals surface area contributed by atoms with Gasteiger partial charge in [0.05, 0.1) is 25.5 Å². The van der Waals surface area contributed by atoms with Crippen LogP contribution >= 0.6 is 23.5 Å². The second kappa shape index (κ2) is 14.1. The molecule has 0 radical (unpaired) electrons. The van der Waals surface area contributed by atoms with Gasteiger partial charge in [0.25, 0.3) is 0 Å². The number of aliphatic hydroxyl groups is 3. The van der Waals surface area contributed by atoms with Crippen LogP contribution in [0, 0.1) is 5.92 Å². The van der Waals surface area contributed by atoms with Crippen LogP contribution in [0.25, 0.3) is 11.2 Å². The maximum Gasteiger partial charge on any atom is 0.481 e. The highest BCUT2D eigenvalue weighted by molar-refractivity contribution is 7.61. The van der Waals surface area contributed by atoms with Crippen molar-refractivity contribution in [3.05, 3.63) is 24.8 Å². The van der Waals surface area contributed by atoms with Crippen molar-refractivity contribution in [2.75, 3.05) is 32.0 Å². The number of imidazole rings is 1. The summed E-state index contributed by atoms with van der Waals surface area (Å²) in [4.78, 5) is 63.8. The summed E-state index contributed by atoms with van der Waals surface area (Å²) in [5.41, 5.74) is 11.2. The van der Waals surface area contributed by atoms with Crippen molar-refractivity contribution in [1.82, 2.24) is 24.4 Å². The molecule has 24 nitrogen and oxygen atoms in total. The molecule has 2 aromatic rings. The second-order valence-corrected chi connectivity index (χ2v) is 15.0. The number of rotatable bonds is 13. The SMILES string of the molecule is NC(=O)[C@H]1C=CCN([C@@H]2O[C@H](COP(=O)(O)OP(=O)(O)OC[C@H]3O[C@@H](n4cnc5c(N)ncnc54)[C@H](OP(=O)(O)O)[C@@H]3O)[C@@H](O)[C@H]2O)C1. The number of nitrogens with zero attached hydrogens (tertiary/aromatic N) is 5. The van der Waals surface area contributed by atoms with E-state index in [9.17, 15) is 53.4 Å². The number of ether oxygens (including phenoxy) is 2. The van der Waals surface area contributed by atoms with Crippen molar-refractivity contribution < 1.29 is 80.7 Å². The summed E-state index contributed by atoms with van der Waals surface area (Å²) in [6, 6.07) is 0. The fraction of sp³-hybridized carbons (Fsp3) is 0.619. The first-order chi connectivity index (χ1) is 22.4. The molecule has 2 fully saturated rings. The molecule has 2 aromatic heterocycles. The lowest BCUT2D eigenvalue weighted by Gasteiger charge is -2.33. The summed E-state index contributed by atoms with van der Waals surface area (Å²) in [7, 11) is -16.2. The average molecular weight is 747 g/mol. The van der Waals surface area contributed by atoms with Crippen LogP contribution in [0.3, 0.4) is 0 Å². The number of aromatic nitrogens is 4. The van der Waals surface area contributed by atoms with E-state index in [4.69, 9.17) is 34.5 Å². The molecule has 0 aromatic carbocycles. The number of fused-ring (bicyclic) bond motifs is 1. The molecular formula is C21H32N7O17P3. The molecule has 0 bridgehead atoms. The van der Waals surface area contributed by atoms with Gasteiger partial charge >= 0.3 is 23.5 Å². The van der Waals surface area contributed by atoms with E-state index in [1.165, 1.54) is 4.90 Å². The number of amides is 1. The van der Waals surface area contributed by atoms with Crippen LogP contribution in [0.1, 0.15) is 6.23 Å². The smallest absolute Gasteiger partial charge is 0.387 e. The molecule has 48 heavy (non-hydrogen) atoms. The topological polar surface area (TPSA) is 364 Å². The highest BCUT2D eigenvalue weighted by Gasteiger charge is 2.51.